The molecule has 0 spiro atoms. The lowest BCUT2D eigenvalue weighted by Crippen LogP contribution is -2.25. The molecule has 3 aromatic rings. The number of unbranched alkanes of at least 4 members (excludes halogenated alkanes) is 2. The van der Waals surface area contributed by atoms with E-state index in [0.717, 1.165) is 29.8 Å². The minimum atomic E-state index is -0.784. The van der Waals surface area contributed by atoms with Gasteiger partial charge in [-0.3, -0.25) is 14.3 Å². The maximum absolute atomic E-state index is 12.6. The van der Waals surface area contributed by atoms with Crippen molar-refractivity contribution in [3.05, 3.63) is 46.2 Å². The minimum Gasteiger partial charge on any atom is -0.491 e. The molecular formula is C27H35N3O6. The zero-order valence-corrected chi connectivity index (χ0v) is 21.5. The van der Waals surface area contributed by atoms with E-state index in [1.807, 2.05) is 27.4 Å². The number of aromatic nitrogens is 3. The van der Waals surface area contributed by atoms with Gasteiger partial charge in [-0.05, 0) is 38.2 Å². The normalized spacial score (nSPS) is 11.9. The predicted octanol–water partition coefficient (Wildman–Crippen LogP) is 4.74. The number of carbonyl (C=O) groups excluding carboxylic acids is 1. The minimum absolute atomic E-state index is 0.0276. The van der Waals surface area contributed by atoms with Crippen molar-refractivity contribution < 1.29 is 24.2 Å². The fourth-order valence-corrected chi connectivity index (χ4v) is 3.94. The van der Waals surface area contributed by atoms with Crippen molar-refractivity contribution in [2.24, 2.45) is 5.92 Å². The first kappa shape index (κ1) is 27.0. The number of esters is 1. The van der Waals surface area contributed by atoms with E-state index in [0.29, 0.717) is 43.1 Å². The van der Waals surface area contributed by atoms with Crippen molar-refractivity contribution in [2.75, 3.05) is 13.2 Å². The first-order chi connectivity index (χ1) is 17.2. The highest BCUT2D eigenvalue weighted by atomic mass is 16.5. The van der Waals surface area contributed by atoms with Gasteiger partial charge in [0.05, 0.1) is 31.1 Å². The number of hydrogen-bond acceptors (Lipinski definition) is 6. The van der Waals surface area contributed by atoms with E-state index >= 15 is 0 Å². The second-order valence-electron chi connectivity index (χ2n) is 9.36. The molecule has 0 unspecified atom stereocenters. The lowest BCUT2D eigenvalue weighted by Gasteiger charge is -2.21. The van der Waals surface area contributed by atoms with Crippen LogP contribution in [-0.2, 0) is 22.6 Å². The zero-order valence-electron chi connectivity index (χ0n) is 21.5. The average Bonchev–Trinajstić information content (AvgIpc) is 3.20. The Morgan fingerprint density at radius 1 is 1.14 bits per heavy atom. The largest absolute Gasteiger partial charge is 0.491 e. The highest BCUT2D eigenvalue weighted by Gasteiger charge is 2.24. The number of carboxylic acid groups (broad SMARTS) is 1. The molecule has 1 aliphatic rings. The zero-order chi connectivity index (χ0) is 26.2. The number of aryl methyl sites for hydroxylation is 2. The molecule has 0 radical (unpaired) electrons. The van der Waals surface area contributed by atoms with Gasteiger partial charge >= 0.3 is 11.9 Å². The fourth-order valence-electron chi connectivity index (χ4n) is 3.94. The summed E-state index contributed by atoms with van der Waals surface area (Å²) in [5, 5.41) is 14.3. The van der Waals surface area contributed by atoms with Crippen molar-refractivity contribution in [3.8, 4) is 17.1 Å². The van der Waals surface area contributed by atoms with Gasteiger partial charge < -0.3 is 19.1 Å². The van der Waals surface area contributed by atoms with E-state index in [1.165, 1.54) is 6.07 Å². The number of aliphatic carboxylic acids is 1. The van der Waals surface area contributed by atoms with Crippen molar-refractivity contribution in [2.45, 2.75) is 66.5 Å². The second-order valence-corrected chi connectivity index (χ2v) is 9.36. The maximum atomic E-state index is 12.6. The van der Waals surface area contributed by atoms with Gasteiger partial charge in [-0.15, -0.1) is 0 Å². The van der Waals surface area contributed by atoms with Crippen LogP contribution in [0.3, 0.4) is 0 Å². The van der Waals surface area contributed by atoms with Gasteiger partial charge in [0.1, 0.15) is 16.8 Å². The Morgan fingerprint density at radius 2 is 1.89 bits per heavy atom. The summed E-state index contributed by atoms with van der Waals surface area (Å²) in [6, 6.07) is 7.14. The Balaban J connectivity index is 0.000000840. The van der Waals surface area contributed by atoms with Gasteiger partial charge in [0.2, 0.25) is 0 Å². The van der Waals surface area contributed by atoms with Gasteiger partial charge in [-0.1, -0.05) is 32.9 Å². The lowest BCUT2D eigenvalue weighted by atomic mass is 10.1. The molecule has 0 atom stereocenters. The molecule has 0 fully saturated rings. The third-order valence-corrected chi connectivity index (χ3v) is 5.44. The van der Waals surface area contributed by atoms with Crippen LogP contribution in [0.1, 0.15) is 63.7 Å². The summed E-state index contributed by atoms with van der Waals surface area (Å²) in [5.41, 5.74) is 1.86. The van der Waals surface area contributed by atoms with Crippen LogP contribution in [0.4, 0.5) is 0 Å². The van der Waals surface area contributed by atoms with Gasteiger partial charge in [0, 0.05) is 30.6 Å². The van der Waals surface area contributed by atoms with Gasteiger partial charge in [-0.2, -0.15) is 5.10 Å². The van der Waals surface area contributed by atoms with E-state index in [-0.39, 0.29) is 24.0 Å². The predicted molar refractivity (Wildman–Crippen MR) is 137 cm³/mol. The Labute approximate surface area is 210 Å². The number of carbonyl (C=O) groups is 2. The SMILES string of the molecule is CC(C)C.CCOC(=O)c1cn2c(cc1=O)-c1c3cccc(OCCCCCC(=O)O)c3nn1CC2. The van der Waals surface area contributed by atoms with Crippen molar-refractivity contribution in [1.82, 2.24) is 14.3 Å². The number of fused-ring (bicyclic) bond motifs is 5. The molecule has 0 bridgehead atoms. The van der Waals surface area contributed by atoms with Gasteiger partial charge in [0.15, 0.2) is 5.43 Å². The summed E-state index contributed by atoms with van der Waals surface area (Å²) in [5.74, 6) is 0.0866. The molecule has 194 valence electrons. The first-order valence-electron chi connectivity index (χ1n) is 12.5. The topological polar surface area (TPSA) is 113 Å². The van der Waals surface area contributed by atoms with Crippen LogP contribution in [0.15, 0.2) is 35.3 Å². The Bertz CT molecular complexity index is 1270. The van der Waals surface area contributed by atoms with E-state index < -0.39 is 11.9 Å². The molecule has 0 aliphatic carbocycles. The van der Waals surface area contributed by atoms with Crippen LogP contribution in [0.25, 0.3) is 22.3 Å². The number of ether oxygens (including phenoxy) is 2. The summed E-state index contributed by atoms with van der Waals surface area (Å²) in [7, 11) is 0. The molecule has 2 aromatic heterocycles. The molecule has 1 aromatic carbocycles. The maximum Gasteiger partial charge on any atom is 0.343 e. The molecule has 0 amide bonds. The summed E-state index contributed by atoms with van der Waals surface area (Å²) >= 11 is 0. The molecular weight excluding hydrogens is 462 g/mol. The lowest BCUT2D eigenvalue weighted by molar-refractivity contribution is -0.137. The van der Waals surface area contributed by atoms with Crippen LogP contribution in [-0.4, -0.2) is 44.6 Å². The van der Waals surface area contributed by atoms with Crippen LogP contribution in [0.5, 0.6) is 5.75 Å². The van der Waals surface area contributed by atoms with Crippen LogP contribution in [0.2, 0.25) is 0 Å². The number of carboxylic acids is 1. The summed E-state index contributed by atoms with van der Waals surface area (Å²) in [6.07, 6.45) is 3.89. The quantitative estimate of drug-likeness (QED) is 0.335. The van der Waals surface area contributed by atoms with Gasteiger partial charge in [0.25, 0.3) is 0 Å². The second kappa shape index (κ2) is 12.4. The van der Waals surface area contributed by atoms with Crippen molar-refractivity contribution in [1.29, 1.82) is 0 Å². The molecule has 3 heterocycles. The van der Waals surface area contributed by atoms with E-state index in [4.69, 9.17) is 19.7 Å². The molecule has 0 saturated heterocycles. The van der Waals surface area contributed by atoms with Gasteiger partial charge in [-0.25, -0.2) is 4.79 Å². The van der Waals surface area contributed by atoms with E-state index in [2.05, 4.69) is 20.8 Å². The summed E-state index contributed by atoms with van der Waals surface area (Å²) < 4.78 is 14.7. The summed E-state index contributed by atoms with van der Waals surface area (Å²) in [4.78, 5) is 35.3. The highest BCUT2D eigenvalue weighted by molar-refractivity contribution is 5.96. The molecule has 36 heavy (non-hydrogen) atoms. The Morgan fingerprint density at radius 3 is 2.58 bits per heavy atom. The number of hydrogen-bond donors (Lipinski definition) is 1. The average molecular weight is 498 g/mol. The van der Waals surface area contributed by atoms with E-state index in [1.54, 1.807) is 13.1 Å². The van der Waals surface area contributed by atoms with E-state index in [9.17, 15) is 14.4 Å². The van der Waals surface area contributed by atoms with Crippen molar-refractivity contribution >= 4 is 22.8 Å². The standard InChI is InChI=1S/C23H25N3O6.C4H10/c1-2-31-23(30)16-14-25-10-11-26-22(17(25)13-18(16)27)15-7-6-8-19(21(15)24-26)32-12-5-3-4-9-20(28)29;1-4(2)3/h6-8,13-14H,2-5,9-12H2,1H3,(H,28,29);4H,1-3H3. The molecule has 9 heteroatoms. The fraction of sp³-hybridized carbons (Fsp3) is 0.481. The monoisotopic (exact) mass is 497 g/mol. The number of nitrogens with zero attached hydrogens (tertiary/aromatic N) is 3. The third kappa shape index (κ3) is 6.53. The molecule has 4 rings (SSSR count). The third-order valence-electron chi connectivity index (χ3n) is 5.44. The van der Waals surface area contributed by atoms with Crippen LogP contribution >= 0.6 is 0 Å². The number of benzene rings is 1. The first-order valence-corrected chi connectivity index (χ1v) is 12.5. The molecule has 9 nitrogen and oxygen atoms in total. The molecule has 1 aliphatic heterocycles. The van der Waals surface area contributed by atoms with Crippen LogP contribution < -0.4 is 10.2 Å². The summed E-state index contributed by atoms with van der Waals surface area (Å²) in [6.45, 7) is 10.0. The number of rotatable bonds is 9. The Hall–Kier alpha value is -3.62. The Kier molecular flexibility index (Phi) is 9.27. The highest BCUT2D eigenvalue weighted by Crippen LogP contribution is 2.35. The molecule has 1 N–H and O–H groups in total. The van der Waals surface area contributed by atoms with Crippen LogP contribution in [0, 0.1) is 5.92 Å². The molecule has 0 saturated carbocycles. The smallest absolute Gasteiger partial charge is 0.343 e. The number of pyridine rings is 1. The van der Waals surface area contributed by atoms with Crippen molar-refractivity contribution in [3.63, 3.8) is 0 Å².